The predicted molar refractivity (Wildman–Crippen MR) is 53.9 cm³/mol. The molecule has 3 atom stereocenters. The van der Waals surface area contributed by atoms with E-state index in [1.165, 1.54) is 32.1 Å². The maximum absolute atomic E-state index is 5.93. The standard InChI is InChI=1S/C12H20O2/c1-2-10-9-5-3-4-6-11(9)12(10)13-7-8-14-12/h9-11H,2-8H2,1H3/t9-,10+,11?/m0/s1. The van der Waals surface area contributed by atoms with E-state index in [-0.39, 0.29) is 5.79 Å². The molecule has 0 aromatic carbocycles. The van der Waals surface area contributed by atoms with Gasteiger partial charge in [0.05, 0.1) is 13.2 Å². The highest BCUT2D eigenvalue weighted by molar-refractivity contribution is 5.06. The smallest absolute Gasteiger partial charge is 0.174 e. The Balaban J connectivity index is 1.82. The number of ether oxygens (including phenoxy) is 2. The lowest BCUT2D eigenvalue weighted by Crippen LogP contribution is -2.63. The summed E-state index contributed by atoms with van der Waals surface area (Å²) in [6.45, 7) is 3.92. The molecule has 14 heavy (non-hydrogen) atoms. The van der Waals surface area contributed by atoms with Crippen LogP contribution in [0.15, 0.2) is 0 Å². The van der Waals surface area contributed by atoms with E-state index in [1.54, 1.807) is 0 Å². The second-order valence-electron chi connectivity index (χ2n) is 4.99. The van der Waals surface area contributed by atoms with E-state index >= 15 is 0 Å². The number of hydrogen-bond donors (Lipinski definition) is 0. The average molecular weight is 196 g/mol. The van der Waals surface area contributed by atoms with Gasteiger partial charge in [0, 0.05) is 11.8 Å². The fourth-order valence-corrected chi connectivity index (χ4v) is 4.05. The molecule has 0 radical (unpaired) electrons. The lowest BCUT2D eigenvalue weighted by molar-refractivity contribution is -0.328. The SMILES string of the molecule is CC[C@@H]1[C@@H]2CCCCC2C12OCCO2. The fraction of sp³-hybridized carbons (Fsp3) is 1.00. The van der Waals surface area contributed by atoms with Crippen LogP contribution in [0.3, 0.4) is 0 Å². The van der Waals surface area contributed by atoms with Gasteiger partial charge in [-0.05, 0) is 25.2 Å². The summed E-state index contributed by atoms with van der Waals surface area (Å²) in [5.41, 5.74) is 0. The summed E-state index contributed by atoms with van der Waals surface area (Å²) in [6.07, 6.45) is 6.78. The van der Waals surface area contributed by atoms with Gasteiger partial charge in [0.1, 0.15) is 0 Å². The minimum atomic E-state index is -0.125. The van der Waals surface area contributed by atoms with Gasteiger partial charge in [-0.1, -0.05) is 19.8 Å². The van der Waals surface area contributed by atoms with E-state index in [9.17, 15) is 0 Å². The number of rotatable bonds is 1. The summed E-state index contributed by atoms with van der Waals surface area (Å²) >= 11 is 0. The maximum Gasteiger partial charge on any atom is 0.174 e. The maximum atomic E-state index is 5.93. The zero-order valence-corrected chi connectivity index (χ0v) is 9.00. The van der Waals surface area contributed by atoms with Crippen molar-refractivity contribution in [2.75, 3.05) is 13.2 Å². The average Bonchev–Trinajstić information content (AvgIpc) is 2.69. The molecule has 2 aliphatic carbocycles. The Morgan fingerprint density at radius 2 is 1.86 bits per heavy atom. The van der Waals surface area contributed by atoms with E-state index in [1.807, 2.05) is 0 Å². The van der Waals surface area contributed by atoms with Crippen LogP contribution in [0, 0.1) is 17.8 Å². The molecule has 1 heterocycles. The van der Waals surface area contributed by atoms with Crippen molar-refractivity contribution in [2.45, 2.75) is 44.8 Å². The molecule has 80 valence electrons. The first-order valence-electron chi connectivity index (χ1n) is 6.16. The second-order valence-corrected chi connectivity index (χ2v) is 4.99. The summed E-state index contributed by atoms with van der Waals surface area (Å²) in [6, 6.07) is 0. The van der Waals surface area contributed by atoms with Crippen molar-refractivity contribution >= 4 is 0 Å². The molecule has 1 aliphatic heterocycles. The molecular weight excluding hydrogens is 176 g/mol. The molecule has 3 rings (SSSR count). The van der Waals surface area contributed by atoms with Crippen molar-refractivity contribution in [2.24, 2.45) is 17.8 Å². The molecule has 1 spiro atoms. The molecule has 0 aromatic heterocycles. The molecule has 0 aromatic rings. The van der Waals surface area contributed by atoms with Crippen molar-refractivity contribution in [3.63, 3.8) is 0 Å². The van der Waals surface area contributed by atoms with E-state index in [2.05, 4.69) is 6.92 Å². The summed E-state index contributed by atoms with van der Waals surface area (Å²) in [5, 5.41) is 0. The Kier molecular flexibility index (Phi) is 2.10. The van der Waals surface area contributed by atoms with Crippen molar-refractivity contribution in [3.8, 4) is 0 Å². The molecule has 0 amide bonds. The largest absolute Gasteiger partial charge is 0.347 e. The van der Waals surface area contributed by atoms with E-state index in [4.69, 9.17) is 9.47 Å². The summed E-state index contributed by atoms with van der Waals surface area (Å²) in [5.74, 6) is 2.20. The Hall–Kier alpha value is -0.0800. The molecule has 0 bridgehead atoms. The third-order valence-corrected chi connectivity index (χ3v) is 4.55. The van der Waals surface area contributed by atoms with Crippen molar-refractivity contribution < 1.29 is 9.47 Å². The van der Waals surface area contributed by atoms with Crippen LogP contribution in [0.1, 0.15) is 39.0 Å². The summed E-state index contributed by atoms with van der Waals surface area (Å²) < 4.78 is 11.9. The third-order valence-electron chi connectivity index (χ3n) is 4.55. The van der Waals surface area contributed by atoms with Crippen molar-refractivity contribution in [1.29, 1.82) is 0 Å². The van der Waals surface area contributed by atoms with Crippen LogP contribution >= 0.6 is 0 Å². The summed E-state index contributed by atoms with van der Waals surface area (Å²) in [7, 11) is 0. The number of hydrogen-bond acceptors (Lipinski definition) is 2. The quantitative estimate of drug-likeness (QED) is 0.641. The Morgan fingerprint density at radius 1 is 1.14 bits per heavy atom. The van der Waals surface area contributed by atoms with Crippen LogP contribution in [-0.4, -0.2) is 19.0 Å². The van der Waals surface area contributed by atoms with Crippen LogP contribution in [0.2, 0.25) is 0 Å². The lowest BCUT2D eigenvalue weighted by Gasteiger charge is -2.59. The van der Waals surface area contributed by atoms with Crippen LogP contribution in [-0.2, 0) is 9.47 Å². The Morgan fingerprint density at radius 3 is 2.57 bits per heavy atom. The van der Waals surface area contributed by atoms with Gasteiger partial charge in [0.2, 0.25) is 0 Å². The zero-order valence-electron chi connectivity index (χ0n) is 9.00. The molecule has 2 heteroatoms. The van der Waals surface area contributed by atoms with Crippen molar-refractivity contribution in [3.05, 3.63) is 0 Å². The monoisotopic (exact) mass is 196 g/mol. The first kappa shape index (κ1) is 9.17. The topological polar surface area (TPSA) is 18.5 Å². The van der Waals surface area contributed by atoms with E-state index in [0.29, 0.717) is 5.92 Å². The molecule has 3 aliphatic rings. The van der Waals surface area contributed by atoms with Gasteiger partial charge in [-0.3, -0.25) is 0 Å². The minimum Gasteiger partial charge on any atom is -0.347 e. The second kappa shape index (κ2) is 3.21. The first-order chi connectivity index (χ1) is 6.88. The lowest BCUT2D eigenvalue weighted by atomic mass is 9.53. The molecule has 2 nitrogen and oxygen atoms in total. The highest BCUT2D eigenvalue weighted by Gasteiger charge is 2.64. The van der Waals surface area contributed by atoms with Gasteiger partial charge in [-0.25, -0.2) is 0 Å². The Bertz CT molecular complexity index is 212. The highest BCUT2D eigenvalue weighted by Crippen LogP contribution is 2.60. The summed E-state index contributed by atoms with van der Waals surface area (Å²) in [4.78, 5) is 0. The van der Waals surface area contributed by atoms with Crippen LogP contribution < -0.4 is 0 Å². The molecular formula is C12H20O2. The third kappa shape index (κ3) is 0.989. The van der Waals surface area contributed by atoms with Crippen LogP contribution in [0.5, 0.6) is 0 Å². The number of fused-ring (bicyclic) bond motifs is 2. The van der Waals surface area contributed by atoms with Crippen LogP contribution in [0.25, 0.3) is 0 Å². The van der Waals surface area contributed by atoms with E-state index in [0.717, 1.165) is 25.0 Å². The molecule has 3 fully saturated rings. The van der Waals surface area contributed by atoms with Gasteiger partial charge in [-0.15, -0.1) is 0 Å². The predicted octanol–water partition coefficient (Wildman–Crippen LogP) is 2.58. The van der Waals surface area contributed by atoms with Gasteiger partial charge in [0.15, 0.2) is 5.79 Å². The highest BCUT2D eigenvalue weighted by atomic mass is 16.7. The Labute approximate surface area is 86.0 Å². The van der Waals surface area contributed by atoms with Crippen LogP contribution in [0.4, 0.5) is 0 Å². The fourth-order valence-electron chi connectivity index (χ4n) is 4.05. The minimum absolute atomic E-state index is 0.125. The molecule has 0 N–H and O–H groups in total. The molecule has 1 saturated heterocycles. The first-order valence-corrected chi connectivity index (χ1v) is 6.16. The van der Waals surface area contributed by atoms with Gasteiger partial charge in [0.25, 0.3) is 0 Å². The van der Waals surface area contributed by atoms with Gasteiger partial charge in [-0.2, -0.15) is 0 Å². The normalized spacial score (nSPS) is 44.8. The zero-order chi connectivity index (χ0) is 9.60. The molecule has 2 saturated carbocycles. The van der Waals surface area contributed by atoms with Crippen molar-refractivity contribution in [1.82, 2.24) is 0 Å². The molecule has 1 unspecified atom stereocenters. The van der Waals surface area contributed by atoms with Gasteiger partial charge < -0.3 is 9.47 Å². The van der Waals surface area contributed by atoms with E-state index < -0.39 is 0 Å². The van der Waals surface area contributed by atoms with Gasteiger partial charge >= 0.3 is 0 Å².